The molecule has 2 aliphatic rings. The highest BCUT2D eigenvalue weighted by Crippen LogP contribution is 2.39. The van der Waals surface area contributed by atoms with Crippen molar-refractivity contribution in [2.45, 2.75) is 58.0 Å². The van der Waals surface area contributed by atoms with Crippen LogP contribution in [-0.4, -0.2) is 40.6 Å². The minimum absolute atomic E-state index is 0.00911. The molecular weight excluding hydrogens is 409 g/mol. The monoisotopic (exact) mass is 436 g/mol. The highest BCUT2D eigenvalue weighted by Gasteiger charge is 2.32. The van der Waals surface area contributed by atoms with Gasteiger partial charge in [0.1, 0.15) is 23.2 Å². The molecule has 0 saturated heterocycles. The first kappa shape index (κ1) is 21.7. The Morgan fingerprint density at radius 1 is 1.19 bits per heavy atom. The van der Waals surface area contributed by atoms with Gasteiger partial charge in [-0.3, -0.25) is 0 Å². The Bertz CT molecular complexity index is 931. The van der Waals surface area contributed by atoms with Crippen LogP contribution in [0.3, 0.4) is 0 Å². The van der Waals surface area contributed by atoms with E-state index in [4.69, 9.17) is 4.98 Å². The molecule has 1 aliphatic carbocycles. The van der Waals surface area contributed by atoms with Gasteiger partial charge in [0, 0.05) is 25.1 Å². The van der Waals surface area contributed by atoms with Crippen molar-refractivity contribution in [3.05, 3.63) is 41.2 Å². The van der Waals surface area contributed by atoms with Gasteiger partial charge in [0.05, 0.1) is 12.6 Å². The maximum atomic E-state index is 12.5. The summed E-state index contributed by atoms with van der Waals surface area (Å²) >= 11 is 0. The van der Waals surface area contributed by atoms with Crippen LogP contribution in [0, 0.1) is 5.92 Å². The molecule has 2 aromatic rings. The van der Waals surface area contributed by atoms with Crippen molar-refractivity contribution in [2.24, 2.45) is 5.92 Å². The van der Waals surface area contributed by atoms with E-state index in [2.05, 4.69) is 19.9 Å². The van der Waals surface area contributed by atoms with Crippen LogP contribution in [0.5, 0.6) is 5.75 Å². The number of hydrogen-bond acceptors (Lipinski definition) is 6. The van der Waals surface area contributed by atoms with E-state index in [-0.39, 0.29) is 24.3 Å². The maximum Gasteiger partial charge on any atom is 0.573 e. The Hall–Kier alpha value is -2.55. The topological polar surface area (TPSA) is 70.5 Å². The van der Waals surface area contributed by atoms with Crippen LogP contribution in [-0.2, 0) is 13.0 Å². The number of fused-ring (bicyclic) bond motifs is 1. The van der Waals surface area contributed by atoms with Crippen LogP contribution >= 0.6 is 0 Å². The van der Waals surface area contributed by atoms with Gasteiger partial charge < -0.3 is 20.1 Å². The lowest BCUT2D eigenvalue weighted by Crippen LogP contribution is -2.32. The first-order valence-corrected chi connectivity index (χ1v) is 10.6. The van der Waals surface area contributed by atoms with E-state index in [1.807, 2.05) is 19.9 Å². The summed E-state index contributed by atoms with van der Waals surface area (Å²) in [5.74, 6) is 2.71. The van der Waals surface area contributed by atoms with Crippen LogP contribution in [0.4, 0.5) is 24.8 Å². The maximum absolute atomic E-state index is 12.5. The number of aromatic nitrogens is 2. The van der Waals surface area contributed by atoms with Crippen molar-refractivity contribution in [1.82, 2.24) is 9.97 Å². The number of nitrogens with zero attached hydrogens (tertiary/aromatic N) is 3. The second-order valence-electron chi connectivity index (χ2n) is 8.57. The molecule has 1 aliphatic heterocycles. The van der Waals surface area contributed by atoms with Crippen molar-refractivity contribution in [2.75, 3.05) is 23.4 Å². The average molecular weight is 436 g/mol. The zero-order valence-corrected chi connectivity index (χ0v) is 17.6. The molecule has 0 amide bonds. The van der Waals surface area contributed by atoms with Gasteiger partial charge in [-0.25, -0.2) is 9.97 Å². The molecule has 1 fully saturated rings. The number of halogens is 3. The second-order valence-corrected chi connectivity index (χ2v) is 8.57. The average Bonchev–Trinajstić information content (AvgIpc) is 3.55. The Morgan fingerprint density at radius 2 is 1.97 bits per heavy atom. The molecule has 0 radical (unpaired) electrons. The van der Waals surface area contributed by atoms with Gasteiger partial charge >= 0.3 is 6.36 Å². The number of benzene rings is 1. The summed E-state index contributed by atoms with van der Waals surface area (Å²) in [5.41, 5.74) is 1.81. The second kappa shape index (κ2) is 8.53. The Labute approximate surface area is 179 Å². The van der Waals surface area contributed by atoms with Gasteiger partial charge in [-0.2, -0.15) is 0 Å². The van der Waals surface area contributed by atoms with Gasteiger partial charge in [0.15, 0.2) is 0 Å². The summed E-state index contributed by atoms with van der Waals surface area (Å²) in [5, 5.41) is 13.0. The summed E-state index contributed by atoms with van der Waals surface area (Å²) in [4.78, 5) is 11.6. The molecular formula is C22H27F3N4O2. The number of nitrogens with one attached hydrogen (secondary N) is 1. The van der Waals surface area contributed by atoms with E-state index in [0.29, 0.717) is 31.2 Å². The Morgan fingerprint density at radius 3 is 2.61 bits per heavy atom. The van der Waals surface area contributed by atoms with Crippen molar-refractivity contribution in [3.63, 3.8) is 0 Å². The van der Waals surface area contributed by atoms with E-state index < -0.39 is 6.36 Å². The minimum Gasteiger partial charge on any atom is -0.406 e. The van der Waals surface area contributed by atoms with Crippen LogP contribution in [0.2, 0.25) is 0 Å². The third kappa shape index (κ3) is 5.39. The molecule has 2 heterocycles. The first-order valence-electron chi connectivity index (χ1n) is 10.6. The molecule has 1 atom stereocenters. The molecule has 0 spiro atoms. The Balaban J connectivity index is 1.56. The fraction of sp³-hybridized carbons (Fsp3) is 0.545. The number of hydrogen-bond donors (Lipinski definition) is 2. The van der Waals surface area contributed by atoms with Crippen molar-refractivity contribution >= 4 is 11.6 Å². The zero-order chi connectivity index (χ0) is 22.2. The summed E-state index contributed by atoms with van der Waals surface area (Å²) in [7, 11) is 0. The van der Waals surface area contributed by atoms with E-state index in [1.54, 1.807) is 6.07 Å². The summed E-state index contributed by atoms with van der Waals surface area (Å²) in [6.07, 6.45) is -1.95. The van der Waals surface area contributed by atoms with Gasteiger partial charge in [-0.1, -0.05) is 19.9 Å². The fourth-order valence-electron chi connectivity index (χ4n) is 3.75. The SMILES string of the molecule is CC(C)[C@@H](CO)Nc1cc(N2CCc3cc(OC(F)(F)F)ccc3C2)nc(C2CC2)n1. The number of aliphatic hydroxyl groups excluding tert-OH is 1. The van der Waals surface area contributed by atoms with Crippen LogP contribution in [0.25, 0.3) is 0 Å². The summed E-state index contributed by atoms with van der Waals surface area (Å²) < 4.78 is 41.6. The van der Waals surface area contributed by atoms with Gasteiger partial charge in [-0.15, -0.1) is 13.2 Å². The van der Waals surface area contributed by atoms with Gasteiger partial charge in [-0.05, 0) is 48.4 Å². The molecule has 9 heteroatoms. The molecule has 168 valence electrons. The summed E-state index contributed by atoms with van der Waals surface area (Å²) in [6.45, 7) is 5.27. The van der Waals surface area contributed by atoms with Crippen LogP contribution < -0.4 is 15.0 Å². The lowest BCUT2D eigenvalue weighted by Gasteiger charge is -2.31. The lowest BCUT2D eigenvalue weighted by molar-refractivity contribution is -0.274. The largest absolute Gasteiger partial charge is 0.573 e. The number of aliphatic hydroxyl groups is 1. The number of ether oxygens (including phenoxy) is 1. The third-order valence-electron chi connectivity index (χ3n) is 5.75. The first-order chi connectivity index (χ1) is 14.7. The standard InChI is InChI=1S/C22H27F3N4O2/c1-13(2)18(12-30)26-19-10-20(28-21(27-19)14-3-4-14)29-8-7-15-9-17(31-22(23,24)25)6-5-16(15)11-29/h5-6,9-10,13-14,18,30H,3-4,7-8,11-12H2,1-2H3,(H,26,27,28)/t18-/m1/s1. The molecule has 4 rings (SSSR count). The Kier molecular flexibility index (Phi) is 5.96. The minimum atomic E-state index is -4.69. The quantitative estimate of drug-likeness (QED) is 0.677. The van der Waals surface area contributed by atoms with Gasteiger partial charge in [0.25, 0.3) is 0 Å². The smallest absolute Gasteiger partial charge is 0.406 e. The predicted molar refractivity (Wildman–Crippen MR) is 111 cm³/mol. The highest BCUT2D eigenvalue weighted by atomic mass is 19.4. The number of alkyl halides is 3. The molecule has 0 bridgehead atoms. The third-order valence-corrected chi connectivity index (χ3v) is 5.75. The number of anilines is 2. The van der Waals surface area contributed by atoms with E-state index in [1.165, 1.54) is 12.1 Å². The molecule has 6 nitrogen and oxygen atoms in total. The fourth-order valence-corrected chi connectivity index (χ4v) is 3.75. The zero-order valence-electron chi connectivity index (χ0n) is 17.6. The van der Waals surface area contributed by atoms with E-state index in [9.17, 15) is 18.3 Å². The predicted octanol–water partition coefficient (Wildman–Crippen LogP) is 4.24. The van der Waals surface area contributed by atoms with E-state index >= 15 is 0 Å². The van der Waals surface area contributed by atoms with E-state index in [0.717, 1.165) is 35.6 Å². The van der Waals surface area contributed by atoms with Gasteiger partial charge in [0.2, 0.25) is 0 Å². The van der Waals surface area contributed by atoms with Crippen molar-refractivity contribution < 1.29 is 23.0 Å². The van der Waals surface area contributed by atoms with Crippen LogP contribution in [0.1, 0.15) is 49.6 Å². The highest BCUT2D eigenvalue weighted by molar-refractivity contribution is 5.53. The molecule has 1 aromatic heterocycles. The molecule has 1 aromatic carbocycles. The normalized spacial score (nSPS) is 17.5. The molecule has 2 N–H and O–H groups in total. The summed E-state index contributed by atoms with van der Waals surface area (Å²) in [6, 6.07) is 6.29. The molecule has 31 heavy (non-hydrogen) atoms. The molecule has 0 unspecified atom stereocenters. The van der Waals surface area contributed by atoms with Crippen LogP contribution in [0.15, 0.2) is 24.3 Å². The lowest BCUT2D eigenvalue weighted by atomic mass is 9.99. The number of rotatable bonds is 7. The van der Waals surface area contributed by atoms with Crippen molar-refractivity contribution in [1.29, 1.82) is 0 Å². The van der Waals surface area contributed by atoms with Crippen molar-refractivity contribution in [3.8, 4) is 5.75 Å². The molecule has 1 saturated carbocycles.